The first-order valence-corrected chi connectivity index (χ1v) is 12.7. The molecular weight excluding hydrogens is 512 g/mol. The third-order valence-corrected chi connectivity index (χ3v) is 7.87. The Balaban J connectivity index is 1.42. The number of aromatic nitrogens is 1. The zero-order valence-corrected chi connectivity index (χ0v) is 21.4. The quantitative estimate of drug-likeness (QED) is 0.420. The molecule has 3 heterocycles. The van der Waals surface area contributed by atoms with Crippen LogP contribution in [0.1, 0.15) is 30.5 Å². The molecule has 0 radical (unpaired) electrons. The van der Waals surface area contributed by atoms with Crippen molar-refractivity contribution < 1.29 is 34.1 Å². The average molecular weight is 539 g/mol. The van der Waals surface area contributed by atoms with Gasteiger partial charge < -0.3 is 19.7 Å². The van der Waals surface area contributed by atoms with Gasteiger partial charge in [-0.25, -0.2) is 4.79 Å². The van der Waals surface area contributed by atoms with Crippen molar-refractivity contribution in [2.24, 2.45) is 17.8 Å². The minimum absolute atomic E-state index is 0.0710. The number of amides is 3. The monoisotopic (exact) mass is 538 g/mol. The Morgan fingerprint density at radius 2 is 2.05 bits per heavy atom. The summed E-state index contributed by atoms with van der Waals surface area (Å²) in [6, 6.07) is 10.4. The van der Waals surface area contributed by atoms with E-state index in [-0.39, 0.29) is 31.5 Å². The number of nitrogens with zero attached hydrogens (tertiary/aromatic N) is 2. The van der Waals surface area contributed by atoms with E-state index in [1.54, 1.807) is 18.3 Å². The molecule has 0 unspecified atom stereocenters. The van der Waals surface area contributed by atoms with Gasteiger partial charge in [0.1, 0.15) is 5.75 Å². The molecule has 10 heteroatoms. The number of phenolic OH excluding ortho intramolecular Hbond substituents is 1. The molecule has 5 rings (SSSR count). The highest BCUT2D eigenvalue weighted by molar-refractivity contribution is 6.32. The first kappa shape index (κ1) is 26.1. The highest BCUT2D eigenvalue weighted by Crippen LogP contribution is 2.50. The Hall–Kier alpha value is -3.53. The van der Waals surface area contributed by atoms with E-state index in [1.807, 2.05) is 24.3 Å². The number of benzene rings is 1. The predicted molar refractivity (Wildman–Crippen MR) is 138 cm³/mol. The van der Waals surface area contributed by atoms with Crippen LogP contribution >= 0.6 is 11.6 Å². The molecule has 2 fully saturated rings. The first-order valence-electron chi connectivity index (χ1n) is 12.3. The smallest absolute Gasteiger partial charge is 0.423 e. The van der Waals surface area contributed by atoms with Crippen LogP contribution in [-0.4, -0.2) is 64.4 Å². The molecular formula is C28H27ClN2O7. The number of likely N-dealkylation sites (tertiary alicyclic amines) is 1. The van der Waals surface area contributed by atoms with E-state index < -0.39 is 35.7 Å². The molecule has 0 saturated carbocycles. The van der Waals surface area contributed by atoms with Gasteiger partial charge in [0.15, 0.2) is 0 Å². The fraction of sp³-hybridized carbons (Fsp3) is 0.357. The summed E-state index contributed by atoms with van der Waals surface area (Å²) in [7, 11) is 1.13. The summed E-state index contributed by atoms with van der Waals surface area (Å²) in [4.78, 5) is 43.2. The normalized spacial score (nSPS) is 25.0. The topological polar surface area (TPSA) is 126 Å². The number of allylic oxidation sites excluding steroid dienone is 1. The van der Waals surface area contributed by atoms with Crippen LogP contribution in [0.25, 0.3) is 11.6 Å². The lowest BCUT2D eigenvalue weighted by atomic mass is 9.69. The first-order chi connectivity index (χ1) is 18.3. The van der Waals surface area contributed by atoms with Crippen molar-refractivity contribution in [1.82, 2.24) is 9.88 Å². The van der Waals surface area contributed by atoms with E-state index >= 15 is 0 Å². The van der Waals surface area contributed by atoms with E-state index in [2.05, 4.69) is 9.72 Å². The molecule has 3 aliphatic rings. The minimum atomic E-state index is -0.991. The Labute approximate surface area is 224 Å². The molecule has 38 heavy (non-hydrogen) atoms. The zero-order chi connectivity index (χ0) is 27.0. The van der Waals surface area contributed by atoms with Gasteiger partial charge in [0.05, 0.1) is 49.0 Å². The fourth-order valence-electron chi connectivity index (χ4n) is 5.82. The predicted octanol–water partition coefficient (Wildman–Crippen LogP) is 3.84. The largest absolute Gasteiger partial charge is 0.508 e. The molecule has 2 saturated heterocycles. The van der Waals surface area contributed by atoms with Crippen LogP contribution in [0.5, 0.6) is 5.75 Å². The number of ether oxygens (including phenoxy) is 2. The number of rotatable bonds is 6. The van der Waals surface area contributed by atoms with E-state index in [1.165, 1.54) is 6.07 Å². The molecule has 2 aromatic rings. The fourth-order valence-corrected chi connectivity index (χ4v) is 6.05. The Kier molecular flexibility index (Phi) is 7.34. The molecule has 2 aliphatic heterocycles. The number of pyridine rings is 1. The molecule has 4 atom stereocenters. The summed E-state index contributed by atoms with van der Waals surface area (Å²) in [5.74, 6) is -2.94. The van der Waals surface area contributed by atoms with Crippen molar-refractivity contribution in [3.63, 3.8) is 0 Å². The average Bonchev–Trinajstić information content (AvgIpc) is 3.45. The summed E-state index contributed by atoms with van der Waals surface area (Å²) in [5, 5.41) is 20.3. The van der Waals surface area contributed by atoms with Crippen molar-refractivity contribution in [1.29, 1.82) is 0 Å². The maximum Gasteiger partial charge on any atom is 0.423 e. The molecule has 198 valence electrons. The number of hydrogen-bond donors (Lipinski definition) is 2. The van der Waals surface area contributed by atoms with Gasteiger partial charge in [0.25, 0.3) is 0 Å². The van der Waals surface area contributed by atoms with Crippen molar-refractivity contribution >= 4 is 41.2 Å². The highest BCUT2D eigenvalue weighted by Gasteiger charge is 2.58. The Morgan fingerprint density at radius 1 is 1.24 bits per heavy atom. The number of methoxy groups -OCH3 is 1. The summed E-state index contributed by atoms with van der Waals surface area (Å²) in [6.45, 7) is -0.0498. The molecule has 9 nitrogen and oxygen atoms in total. The third kappa shape index (κ3) is 4.62. The number of phenols is 1. The zero-order valence-electron chi connectivity index (χ0n) is 20.7. The van der Waals surface area contributed by atoms with E-state index in [0.29, 0.717) is 28.3 Å². The lowest BCUT2D eigenvalue weighted by Crippen LogP contribution is -2.38. The van der Waals surface area contributed by atoms with Gasteiger partial charge in [0.2, 0.25) is 11.8 Å². The number of carbonyl (C=O) groups excluding carboxylic acids is 3. The van der Waals surface area contributed by atoms with Gasteiger partial charge in [-0.2, -0.15) is 4.90 Å². The van der Waals surface area contributed by atoms with Crippen LogP contribution in [0.4, 0.5) is 4.79 Å². The number of aliphatic hydroxyl groups excluding tert-OH is 1. The van der Waals surface area contributed by atoms with E-state index in [4.69, 9.17) is 16.3 Å². The van der Waals surface area contributed by atoms with Crippen LogP contribution in [0.3, 0.4) is 0 Å². The van der Waals surface area contributed by atoms with Crippen molar-refractivity contribution in [2.75, 3.05) is 20.3 Å². The number of carbonyl (C=O) groups is 3. The third-order valence-electron chi connectivity index (χ3n) is 7.54. The summed E-state index contributed by atoms with van der Waals surface area (Å²) in [6.07, 6.45) is 3.53. The van der Waals surface area contributed by atoms with Crippen molar-refractivity contribution in [3.05, 3.63) is 70.0 Å². The number of fused-ring (bicyclic) bond motifs is 3. The van der Waals surface area contributed by atoms with E-state index in [0.717, 1.165) is 29.5 Å². The molecule has 1 aliphatic carbocycles. The maximum atomic E-state index is 13.1. The van der Waals surface area contributed by atoms with Gasteiger partial charge >= 0.3 is 6.09 Å². The van der Waals surface area contributed by atoms with Crippen LogP contribution in [0.15, 0.2) is 53.7 Å². The maximum absolute atomic E-state index is 13.1. The Bertz CT molecular complexity index is 1340. The number of imide groups is 3. The minimum Gasteiger partial charge on any atom is -0.508 e. The molecule has 1 aromatic carbocycles. The van der Waals surface area contributed by atoms with Crippen LogP contribution in [-0.2, 0) is 19.1 Å². The molecule has 3 amide bonds. The standard InChI is InChI=1S/C28H27ClN2O7/c1-37-28(36)31-26(34)19-11-17(13-32)24-20(25(19)27(31)35)14-38-23(24)8-6-16(22-4-2-3-9-30-22)10-15-5-7-18(33)12-21(15)29/h2-5,7,9-10,12,19-20,23,25,32-33H,6,8,11,13-14H2,1H3/b16-10-/t19-,20+,23-,25-/m1/s1. The van der Waals surface area contributed by atoms with Gasteiger partial charge in [-0.1, -0.05) is 17.7 Å². The van der Waals surface area contributed by atoms with Gasteiger partial charge in [-0.05, 0) is 78.0 Å². The lowest BCUT2D eigenvalue weighted by Gasteiger charge is -2.31. The van der Waals surface area contributed by atoms with Gasteiger partial charge in [-0.15, -0.1) is 0 Å². The number of aliphatic hydroxyl groups is 1. The second-order valence-electron chi connectivity index (χ2n) is 9.59. The molecule has 0 spiro atoms. The van der Waals surface area contributed by atoms with Crippen molar-refractivity contribution in [3.8, 4) is 5.75 Å². The van der Waals surface area contributed by atoms with Crippen LogP contribution in [0, 0.1) is 17.8 Å². The lowest BCUT2D eigenvalue weighted by molar-refractivity contribution is -0.137. The summed E-state index contributed by atoms with van der Waals surface area (Å²) in [5.41, 5.74) is 3.90. The molecule has 2 N–H and O–H groups in total. The van der Waals surface area contributed by atoms with Crippen molar-refractivity contribution in [2.45, 2.75) is 25.4 Å². The second kappa shape index (κ2) is 10.7. The summed E-state index contributed by atoms with van der Waals surface area (Å²) < 4.78 is 10.8. The number of halogens is 1. The summed E-state index contributed by atoms with van der Waals surface area (Å²) >= 11 is 6.36. The van der Waals surface area contributed by atoms with Gasteiger partial charge in [0, 0.05) is 12.1 Å². The van der Waals surface area contributed by atoms with Gasteiger partial charge in [-0.3, -0.25) is 14.6 Å². The van der Waals surface area contributed by atoms with E-state index in [9.17, 15) is 24.6 Å². The van der Waals surface area contributed by atoms with Crippen LogP contribution < -0.4 is 0 Å². The van der Waals surface area contributed by atoms with Crippen LogP contribution in [0.2, 0.25) is 5.02 Å². The molecule has 1 aromatic heterocycles. The Morgan fingerprint density at radius 3 is 2.74 bits per heavy atom. The molecule has 0 bridgehead atoms. The highest BCUT2D eigenvalue weighted by atomic mass is 35.5. The number of hydrogen-bond acceptors (Lipinski definition) is 8. The second-order valence-corrected chi connectivity index (χ2v) is 10.0. The number of aromatic hydroxyl groups is 1. The SMILES string of the molecule is COC(=O)N1C(=O)[C@@H]2[C@@H](CC(CO)=C3[C@@H](CC/C(=C/c4ccc(O)cc4Cl)c4ccccn4)OC[C@@H]32)C1=O.